The lowest BCUT2D eigenvalue weighted by Gasteiger charge is -2.12. The third-order valence-electron chi connectivity index (χ3n) is 2.93. The van der Waals surface area contributed by atoms with E-state index in [0.717, 1.165) is 11.3 Å². The van der Waals surface area contributed by atoms with E-state index >= 15 is 0 Å². The van der Waals surface area contributed by atoms with E-state index in [1.54, 1.807) is 6.26 Å². The topological polar surface area (TPSA) is 49.6 Å². The highest BCUT2D eigenvalue weighted by Gasteiger charge is 2.25. The van der Waals surface area contributed by atoms with Crippen LogP contribution >= 0.6 is 24.0 Å². The number of nitrogens with one attached hydrogen (secondary N) is 2. The molecule has 0 bridgehead atoms. The molecule has 0 saturated heterocycles. The number of furan rings is 1. The molecule has 0 fully saturated rings. The van der Waals surface area contributed by atoms with Crippen LogP contribution in [-0.2, 0) is 6.42 Å². The maximum Gasteiger partial charge on any atom is 0.389 e. The van der Waals surface area contributed by atoms with Crippen molar-refractivity contribution < 1.29 is 17.6 Å². The third-order valence-corrected chi connectivity index (χ3v) is 2.93. The van der Waals surface area contributed by atoms with Crippen molar-refractivity contribution in [3.63, 3.8) is 0 Å². The van der Waals surface area contributed by atoms with Crippen molar-refractivity contribution in [2.45, 2.75) is 38.8 Å². The van der Waals surface area contributed by atoms with Crippen molar-refractivity contribution in [2.75, 3.05) is 19.6 Å². The van der Waals surface area contributed by atoms with Gasteiger partial charge in [0.2, 0.25) is 0 Å². The van der Waals surface area contributed by atoms with Crippen molar-refractivity contribution in [3.8, 4) is 0 Å². The molecule has 2 N–H and O–H groups in total. The molecule has 0 atom stereocenters. The van der Waals surface area contributed by atoms with Crippen LogP contribution in [0.1, 0.15) is 31.9 Å². The Morgan fingerprint density at radius 3 is 2.54 bits per heavy atom. The molecule has 1 aromatic rings. The molecule has 138 valence electrons. The van der Waals surface area contributed by atoms with Gasteiger partial charge in [0.05, 0.1) is 12.8 Å². The minimum absolute atomic E-state index is 0. The number of guanidine groups is 1. The van der Waals surface area contributed by atoms with E-state index in [1.165, 1.54) is 0 Å². The van der Waals surface area contributed by atoms with Crippen molar-refractivity contribution in [1.29, 1.82) is 0 Å². The second kappa shape index (κ2) is 12.2. The van der Waals surface area contributed by atoms with Crippen molar-refractivity contribution in [1.82, 2.24) is 10.6 Å². The van der Waals surface area contributed by atoms with Gasteiger partial charge >= 0.3 is 6.18 Å². The summed E-state index contributed by atoms with van der Waals surface area (Å²) in [5.41, 5.74) is 0.911. The zero-order chi connectivity index (χ0) is 17.1. The summed E-state index contributed by atoms with van der Waals surface area (Å²) in [5.74, 6) is 1.44. The highest BCUT2D eigenvalue weighted by Crippen LogP contribution is 2.21. The molecule has 1 rings (SSSR count). The predicted octanol–water partition coefficient (Wildman–Crippen LogP) is 4.28. The highest BCUT2D eigenvalue weighted by molar-refractivity contribution is 14.0. The normalized spacial score (nSPS) is 11.8. The van der Waals surface area contributed by atoms with Gasteiger partial charge in [-0.05, 0) is 31.9 Å². The van der Waals surface area contributed by atoms with Crippen molar-refractivity contribution >= 4 is 29.9 Å². The van der Waals surface area contributed by atoms with Gasteiger partial charge in [0.15, 0.2) is 5.96 Å². The number of nitrogens with zero attached hydrogens (tertiary/aromatic N) is 1. The first-order chi connectivity index (χ1) is 10.9. The van der Waals surface area contributed by atoms with Crippen LogP contribution in [0.15, 0.2) is 40.0 Å². The molecule has 0 spiro atoms. The van der Waals surface area contributed by atoms with Crippen LogP contribution in [0.5, 0.6) is 0 Å². The van der Waals surface area contributed by atoms with Crippen LogP contribution in [0.3, 0.4) is 0 Å². The molecule has 0 aliphatic carbocycles. The zero-order valence-electron chi connectivity index (χ0n) is 13.8. The smallest absolute Gasteiger partial charge is 0.389 e. The van der Waals surface area contributed by atoms with E-state index in [2.05, 4.69) is 22.2 Å². The monoisotopic (exact) mass is 459 g/mol. The van der Waals surface area contributed by atoms with E-state index in [4.69, 9.17) is 4.42 Å². The van der Waals surface area contributed by atoms with Crippen LogP contribution in [-0.4, -0.2) is 31.8 Å². The molecule has 1 heterocycles. The Bertz CT molecular complexity index is 487. The third kappa shape index (κ3) is 12.3. The first kappa shape index (κ1) is 22.8. The maximum absolute atomic E-state index is 12.1. The average molecular weight is 459 g/mol. The molecule has 24 heavy (non-hydrogen) atoms. The van der Waals surface area contributed by atoms with Crippen LogP contribution < -0.4 is 10.6 Å². The molecule has 0 unspecified atom stereocenters. The maximum atomic E-state index is 12.1. The SMILES string of the molecule is C=C(C)CN=C(NCCCCC(F)(F)F)NCCc1ccco1.I. The molecule has 4 nitrogen and oxygen atoms in total. The summed E-state index contributed by atoms with van der Waals surface area (Å²) < 4.78 is 41.5. The van der Waals surface area contributed by atoms with Gasteiger partial charge in [-0.2, -0.15) is 13.2 Å². The first-order valence-electron chi connectivity index (χ1n) is 7.62. The standard InChI is InChI=1S/C16H24F3N3O.HI/c1-13(2)12-22-15(20-9-4-3-8-16(17,18)19)21-10-7-14-6-5-11-23-14;/h5-6,11H,1,3-4,7-10,12H2,2H3,(H2,20,21,22);1H. The van der Waals surface area contributed by atoms with Gasteiger partial charge in [-0.3, -0.25) is 0 Å². The fourth-order valence-corrected chi connectivity index (χ4v) is 1.80. The Morgan fingerprint density at radius 2 is 1.96 bits per heavy atom. The molecule has 0 aromatic carbocycles. The quantitative estimate of drug-likeness (QED) is 0.191. The number of alkyl halides is 3. The summed E-state index contributed by atoms with van der Waals surface area (Å²) in [7, 11) is 0. The van der Waals surface area contributed by atoms with Gasteiger partial charge in [0, 0.05) is 25.9 Å². The first-order valence-corrected chi connectivity index (χ1v) is 7.62. The molecule has 0 saturated carbocycles. The zero-order valence-corrected chi connectivity index (χ0v) is 16.1. The molecular formula is C16H25F3IN3O. The summed E-state index contributed by atoms with van der Waals surface area (Å²) in [6.45, 7) is 7.19. The lowest BCUT2D eigenvalue weighted by atomic mass is 10.2. The Hall–Kier alpha value is -1.19. The Labute approximate surface area is 158 Å². The van der Waals surface area contributed by atoms with Crippen molar-refractivity contribution in [3.05, 3.63) is 36.3 Å². The molecule has 0 radical (unpaired) electrons. The predicted molar refractivity (Wildman–Crippen MR) is 101 cm³/mol. The van der Waals surface area contributed by atoms with Gasteiger partial charge in [-0.15, -0.1) is 24.0 Å². The van der Waals surface area contributed by atoms with Gasteiger partial charge in [0.1, 0.15) is 5.76 Å². The van der Waals surface area contributed by atoms with E-state index in [1.807, 2.05) is 19.1 Å². The molecule has 1 aromatic heterocycles. The second-order valence-electron chi connectivity index (χ2n) is 5.38. The fourth-order valence-electron chi connectivity index (χ4n) is 1.80. The van der Waals surface area contributed by atoms with Crippen molar-refractivity contribution in [2.24, 2.45) is 4.99 Å². The molecular weight excluding hydrogens is 434 g/mol. The van der Waals surface area contributed by atoms with Gasteiger partial charge in [-0.25, -0.2) is 4.99 Å². The van der Waals surface area contributed by atoms with Gasteiger partial charge in [-0.1, -0.05) is 12.2 Å². The van der Waals surface area contributed by atoms with E-state index in [0.29, 0.717) is 38.4 Å². The summed E-state index contributed by atoms with van der Waals surface area (Å²) in [6.07, 6.45) is -1.97. The van der Waals surface area contributed by atoms with E-state index in [9.17, 15) is 13.2 Å². The number of aliphatic imine (C=N–C) groups is 1. The van der Waals surface area contributed by atoms with Crippen LogP contribution in [0.25, 0.3) is 0 Å². The molecule has 0 aliphatic rings. The van der Waals surface area contributed by atoms with Gasteiger partial charge in [0.25, 0.3) is 0 Å². The lowest BCUT2D eigenvalue weighted by Crippen LogP contribution is -2.39. The van der Waals surface area contributed by atoms with E-state index < -0.39 is 12.6 Å². The minimum Gasteiger partial charge on any atom is -0.469 e. The number of rotatable bonds is 9. The number of hydrogen-bond donors (Lipinski definition) is 2. The summed E-state index contributed by atoms with van der Waals surface area (Å²) in [4.78, 5) is 4.33. The Kier molecular flexibility index (Phi) is 11.6. The average Bonchev–Trinajstić information content (AvgIpc) is 2.95. The Balaban J connectivity index is 0.00000529. The van der Waals surface area contributed by atoms with Gasteiger partial charge < -0.3 is 15.1 Å². The highest BCUT2D eigenvalue weighted by atomic mass is 127. The number of hydrogen-bond acceptors (Lipinski definition) is 2. The Morgan fingerprint density at radius 1 is 1.25 bits per heavy atom. The summed E-state index contributed by atoms with van der Waals surface area (Å²) in [6, 6.07) is 3.71. The fraction of sp³-hybridized carbons (Fsp3) is 0.562. The molecule has 8 heteroatoms. The van der Waals surface area contributed by atoms with E-state index in [-0.39, 0.29) is 30.4 Å². The molecule has 0 aliphatic heterocycles. The number of unbranched alkanes of at least 4 members (excludes halogenated alkanes) is 1. The van der Waals surface area contributed by atoms with Crippen LogP contribution in [0, 0.1) is 0 Å². The second-order valence-corrected chi connectivity index (χ2v) is 5.38. The molecule has 0 amide bonds. The largest absolute Gasteiger partial charge is 0.469 e. The lowest BCUT2D eigenvalue weighted by molar-refractivity contribution is -0.135. The number of halogens is 4. The van der Waals surface area contributed by atoms with Crippen LogP contribution in [0.2, 0.25) is 0 Å². The van der Waals surface area contributed by atoms with Crippen LogP contribution in [0.4, 0.5) is 13.2 Å². The summed E-state index contributed by atoms with van der Waals surface area (Å²) in [5, 5.41) is 6.18. The summed E-state index contributed by atoms with van der Waals surface area (Å²) >= 11 is 0. The minimum atomic E-state index is -4.09.